The number of ether oxygens (including phenoxy) is 3. The van der Waals surface area contributed by atoms with Crippen molar-refractivity contribution in [1.29, 1.82) is 0 Å². The standard InChI is InChI=1S/C57H90O6/c1-4-7-10-13-16-19-22-24-26-28-30-32-35-38-41-44-47-50-56(59)62-53-54(52-61-55(58)49-46-43-40-37-34-21-18-15-12-9-6-3)63-57(60)51-48-45-42-39-36-33-31-29-27-25-23-20-17-14-11-8-5-2/h7-8,10-11,16-17,19-20,24-27,30-33,38-39,41-42,54H,4-6,9,12-15,18,21-23,28-29,34-37,40,43-53H2,1-3H3/b10-7-,11-8-,19-16-,20-17-,26-24-,27-25-,32-30-,33-31-,41-38-,42-39-. The Morgan fingerprint density at radius 2 is 0.619 bits per heavy atom. The molecule has 0 radical (unpaired) electrons. The fourth-order valence-corrected chi connectivity index (χ4v) is 6.28. The van der Waals surface area contributed by atoms with E-state index in [1.165, 1.54) is 51.4 Å². The van der Waals surface area contributed by atoms with E-state index in [0.29, 0.717) is 19.3 Å². The van der Waals surface area contributed by atoms with E-state index in [1.807, 2.05) is 0 Å². The van der Waals surface area contributed by atoms with Gasteiger partial charge in [-0.25, -0.2) is 0 Å². The summed E-state index contributed by atoms with van der Waals surface area (Å²) in [5.41, 5.74) is 0. The number of carbonyl (C=O) groups excluding carboxylic acids is 3. The molecule has 0 aliphatic carbocycles. The molecule has 6 heteroatoms. The summed E-state index contributed by atoms with van der Waals surface area (Å²) in [6, 6.07) is 0. The summed E-state index contributed by atoms with van der Waals surface area (Å²) < 4.78 is 16.7. The summed E-state index contributed by atoms with van der Waals surface area (Å²) in [6.07, 6.45) is 69.1. The molecule has 0 aromatic carbocycles. The molecule has 0 saturated carbocycles. The molecule has 63 heavy (non-hydrogen) atoms. The molecule has 6 nitrogen and oxygen atoms in total. The van der Waals surface area contributed by atoms with E-state index in [0.717, 1.165) is 96.3 Å². The predicted octanol–water partition coefficient (Wildman–Crippen LogP) is 16.5. The highest BCUT2D eigenvalue weighted by Crippen LogP contribution is 2.13. The first kappa shape index (κ1) is 58.8. The molecule has 0 spiro atoms. The lowest BCUT2D eigenvalue weighted by Crippen LogP contribution is -2.30. The highest BCUT2D eigenvalue weighted by molar-refractivity contribution is 5.71. The van der Waals surface area contributed by atoms with E-state index < -0.39 is 6.10 Å². The van der Waals surface area contributed by atoms with Crippen molar-refractivity contribution in [3.63, 3.8) is 0 Å². The van der Waals surface area contributed by atoms with Gasteiger partial charge in [-0.3, -0.25) is 14.4 Å². The number of rotatable bonds is 43. The third-order valence-electron chi connectivity index (χ3n) is 9.96. The van der Waals surface area contributed by atoms with Gasteiger partial charge in [0.2, 0.25) is 0 Å². The summed E-state index contributed by atoms with van der Waals surface area (Å²) in [7, 11) is 0. The van der Waals surface area contributed by atoms with Crippen molar-refractivity contribution < 1.29 is 28.6 Å². The molecule has 1 unspecified atom stereocenters. The van der Waals surface area contributed by atoms with E-state index in [-0.39, 0.29) is 44.0 Å². The Hall–Kier alpha value is -4.19. The van der Waals surface area contributed by atoms with Crippen molar-refractivity contribution in [2.24, 2.45) is 0 Å². The maximum atomic E-state index is 12.8. The Morgan fingerprint density at radius 1 is 0.333 bits per heavy atom. The summed E-state index contributed by atoms with van der Waals surface area (Å²) in [5, 5.41) is 0. The molecule has 0 aromatic heterocycles. The first-order valence-electron chi connectivity index (χ1n) is 25.0. The van der Waals surface area contributed by atoms with Gasteiger partial charge in [0.15, 0.2) is 6.10 Å². The highest BCUT2D eigenvalue weighted by atomic mass is 16.6. The van der Waals surface area contributed by atoms with Gasteiger partial charge >= 0.3 is 17.9 Å². The molecule has 0 bridgehead atoms. The normalized spacial score (nSPS) is 13.1. The third kappa shape index (κ3) is 48.7. The summed E-state index contributed by atoms with van der Waals surface area (Å²) in [6.45, 7) is 6.28. The second-order valence-electron chi connectivity index (χ2n) is 16.0. The van der Waals surface area contributed by atoms with Gasteiger partial charge in [0, 0.05) is 19.3 Å². The molecule has 1 atom stereocenters. The van der Waals surface area contributed by atoms with Gasteiger partial charge in [0.25, 0.3) is 0 Å². The smallest absolute Gasteiger partial charge is 0.306 e. The van der Waals surface area contributed by atoms with Crippen molar-refractivity contribution in [3.05, 3.63) is 122 Å². The summed E-state index contributed by atoms with van der Waals surface area (Å²) in [4.78, 5) is 37.9. The molecule has 0 aliphatic heterocycles. The van der Waals surface area contributed by atoms with Crippen LogP contribution in [0.15, 0.2) is 122 Å². The maximum Gasteiger partial charge on any atom is 0.306 e. The number of allylic oxidation sites excluding steroid dienone is 20. The van der Waals surface area contributed by atoms with Gasteiger partial charge in [0.05, 0.1) is 0 Å². The SMILES string of the molecule is CC/C=C\C/C=C\C/C=C\C/C=C\C/C=C\CCCC(=O)OCC(COC(=O)CCCCCCCCCCCCC)OC(=O)CCC/C=C\C/C=C\C/C=C\C/C=C\C/C=C\CC. The number of hydrogen-bond acceptors (Lipinski definition) is 6. The number of carbonyl (C=O) groups is 3. The zero-order chi connectivity index (χ0) is 45.8. The van der Waals surface area contributed by atoms with Crippen molar-refractivity contribution >= 4 is 17.9 Å². The number of unbranched alkanes of at least 4 members (excludes halogenated alkanes) is 12. The lowest BCUT2D eigenvalue weighted by Gasteiger charge is -2.18. The van der Waals surface area contributed by atoms with Crippen LogP contribution in [0.3, 0.4) is 0 Å². The zero-order valence-corrected chi connectivity index (χ0v) is 40.3. The molecule has 0 aromatic rings. The van der Waals surface area contributed by atoms with Gasteiger partial charge in [-0.1, -0.05) is 206 Å². The Kier molecular flexibility index (Phi) is 47.1. The average Bonchev–Trinajstić information content (AvgIpc) is 3.28. The second kappa shape index (κ2) is 50.5. The van der Waals surface area contributed by atoms with Crippen LogP contribution in [0.2, 0.25) is 0 Å². The molecular formula is C57H90O6. The molecule has 0 amide bonds. The Bertz CT molecular complexity index is 1370. The van der Waals surface area contributed by atoms with Crippen molar-refractivity contribution in [3.8, 4) is 0 Å². The second-order valence-corrected chi connectivity index (χ2v) is 16.0. The molecule has 0 saturated heterocycles. The van der Waals surface area contributed by atoms with E-state index in [4.69, 9.17) is 14.2 Å². The molecule has 0 aliphatic rings. The maximum absolute atomic E-state index is 12.8. The van der Waals surface area contributed by atoms with Gasteiger partial charge in [-0.05, 0) is 96.3 Å². The van der Waals surface area contributed by atoms with Gasteiger partial charge in [0.1, 0.15) is 13.2 Å². The molecule has 354 valence electrons. The first-order valence-corrected chi connectivity index (χ1v) is 25.0. The van der Waals surface area contributed by atoms with Crippen LogP contribution in [-0.2, 0) is 28.6 Å². The molecule has 0 heterocycles. The fourth-order valence-electron chi connectivity index (χ4n) is 6.28. The topological polar surface area (TPSA) is 78.9 Å². The van der Waals surface area contributed by atoms with E-state index in [1.54, 1.807) is 0 Å². The van der Waals surface area contributed by atoms with Gasteiger partial charge in [-0.15, -0.1) is 0 Å². The minimum absolute atomic E-state index is 0.120. The van der Waals surface area contributed by atoms with Crippen molar-refractivity contribution in [2.75, 3.05) is 13.2 Å². The lowest BCUT2D eigenvalue weighted by atomic mass is 10.1. The first-order chi connectivity index (χ1) is 31.0. The van der Waals surface area contributed by atoms with Crippen molar-refractivity contribution in [2.45, 2.75) is 207 Å². The molecule has 0 rings (SSSR count). The highest BCUT2D eigenvalue weighted by Gasteiger charge is 2.19. The Labute approximate surface area is 386 Å². The van der Waals surface area contributed by atoms with E-state index in [2.05, 4.69) is 142 Å². The van der Waals surface area contributed by atoms with Crippen LogP contribution in [0.4, 0.5) is 0 Å². The number of hydrogen-bond donors (Lipinski definition) is 0. The minimum atomic E-state index is -0.831. The van der Waals surface area contributed by atoms with Crippen LogP contribution in [0.5, 0.6) is 0 Å². The van der Waals surface area contributed by atoms with E-state index in [9.17, 15) is 14.4 Å². The summed E-state index contributed by atoms with van der Waals surface area (Å²) >= 11 is 0. The average molecular weight is 871 g/mol. The van der Waals surface area contributed by atoms with Crippen LogP contribution in [-0.4, -0.2) is 37.2 Å². The van der Waals surface area contributed by atoms with Gasteiger partial charge in [-0.2, -0.15) is 0 Å². The molecular weight excluding hydrogens is 781 g/mol. The monoisotopic (exact) mass is 871 g/mol. The zero-order valence-electron chi connectivity index (χ0n) is 40.3. The molecule has 0 N–H and O–H groups in total. The van der Waals surface area contributed by atoms with Crippen LogP contribution in [0.25, 0.3) is 0 Å². The van der Waals surface area contributed by atoms with Crippen molar-refractivity contribution in [1.82, 2.24) is 0 Å². The quantitative estimate of drug-likeness (QED) is 0.0263. The summed E-state index contributed by atoms with van der Waals surface area (Å²) in [5.74, 6) is -1.05. The number of esters is 3. The Morgan fingerprint density at radius 3 is 0.968 bits per heavy atom. The largest absolute Gasteiger partial charge is 0.462 e. The molecule has 0 fully saturated rings. The van der Waals surface area contributed by atoms with Gasteiger partial charge < -0.3 is 14.2 Å². The predicted molar refractivity (Wildman–Crippen MR) is 269 cm³/mol. The van der Waals surface area contributed by atoms with Crippen LogP contribution < -0.4 is 0 Å². The van der Waals surface area contributed by atoms with E-state index >= 15 is 0 Å². The lowest BCUT2D eigenvalue weighted by molar-refractivity contribution is -0.167. The fraction of sp³-hybridized carbons (Fsp3) is 0.596. The minimum Gasteiger partial charge on any atom is -0.462 e. The van der Waals surface area contributed by atoms with Crippen LogP contribution in [0, 0.1) is 0 Å². The third-order valence-corrected chi connectivity index (χ3v) is 9.96. The van der Waals surface area contributed by atoms with Crippen LogP contribution >= 0.6 is 0 Å². The van der Waals surface area contributed by atoms with Crippen LogP contribution in [0.1, 0.15) is 201 Å². The Balaban J connectivity index is 4.58.